The fourth-order valence-electron chi connectivity index (χ4n) is 3.49. The molecule has 0 aliphatic rings. The second-order valence-electron chi connectivity index (χ2n) is 6.84. The van der Waals surface area contributed by atoms with Gasteiger partial charge in [-0.25, -0.2) is 9.48 Å². The zero-order valence-electron chi connectivity index (χ0n) is 15.7. The van der Waals surface area contributed by atoms with E-state index in [2.05, 4.69) is 10.3 Å². The Bertz CT molecular complexity index is 1370. The van der Waals surface area contributed by atoms with Gasteiger partial charge in [0, 0.05) is 17.0 Å². The molecule has 0 radical (unpaired) electrons. The maximum atomic E-state index is 12.5. The van der Waals surface area contributed by atoms with Crippen LogP contribution in [-0.2, 0) is 0 Å². The smallest absolute Gasteiger partial charge is 0.344 e. The molecule has 2 heterocycles. The Balaban J connectivity index is 1.60. The molecule has 0 aliphatic carbocycles. The van der Waals surface area contributed by atoms with Gasteiger partial charge in [0.05, 0.1) is 16.9 Å². The normalized spacial score (nSPS) is 11.1. The minimum absolute atomic E-state index is 0.360. The van der Waals surface area contributed by atoms with Gasteiger partial charge in [0.25, 0.3) is 0 Å². The SMILES string of the molecule is Cc1c(-c2ccccc2)nnn1-c1ccc2cc(-c3ccccc3)c(=O)oc2c1. The number of fused-ring (bicyclic) bond motifs is 1. The van der Waals surface area contributed by atoms with Gasteiger partial charge in [-0.05, 0) is 30.7 Å². The topological polar surface area (TPSA) is 60.9 Å². The summed E-state index contributed by atoms with van der Waals surface area (Å²) in [5.41, 5.74) is 5.09. The van der Waals surface area contributed by atoms with Crippen molar-refractivity contribution in [2.45, 2.75) is 6.92 Å². The van der Waals surface area contributed by atoms with Crippen molar-refractivity contribution in [1.29, 1.82) is 0 Å². The largest absolute Gasteiger partial charge is 0.422 e. The molecular weight excluding hydrogens is 362 g/mol. The fraction of sp³-hybridized carbons (Fsp3) is 0.0417. The molecule has 3 aromatic carbocycles. The van der Waals surface area contributed by atoms with Crippen LogP contribution in [0.25, 0.3) is 39.0 Å². The van der Waals surface area contributed by atoms with Crippen LogP contribution in [0.15, 0.2) is 94.1 Å². The van der Waals surface area contributed by atoms with E-state index in [4.69, 9.17) is 4.42 Å². The molecule has 0 N–H and O–H groups in total. The van der Waals surface area contributed by atoms with Crippen LogP contribution in [0.2, 0.25) is 0 Å². The molecule has 2 aromatic heterocycles. The Kier molecular flexibility index (Phi) is 4.06. The number of benzene rings is 3. The summed E-state index contributed by atoms with van der Waals surface area (Å²) in [5, 5.41) is 9.49. The maximum Gasteiger partial charge on any atom is 0.344 e. The lowest BCUT2D eigenvalue weighted by molar-refractivity contribution is 0.563. The van der Waals surface area contributed by atoms with Gasteiger partial charge in [0.2, 0.25) is 0 Å². The molecule has 140 valence electrons. The second kappa shape index (κ2) is 6.87. The van der Waals surface area contributed by atoms with E-state index in [1.54, 1.807) is 4.68 Å². The second-order valence-corrected chi connectivity index (χ2v) is 6.84. The Labute approximate surface area is 166 Å². The molecule has 0 aliphatic heterocycles. The first kappa shape index (κ1) is 17.1. The monoisotopic (exact) mass is 379 g/mol. The van der Waals surface area contributed by atoms with Crippen molar-refractivity contribution in [2.24, 2.45) is 0 Å². The number of nitrogens with zero attached hydrogens (tertiary/aromatic N) is 3. The molecule has 0 saturated heterocycles. The molecule has 5 aromatic rings. The van der Waals surface area contributed by atoms with E-state index in [0.29, 0.717) is 11.1 Å². The van der Waals surface area contributed by atoms with E-state index >= 15 is 0 Å². The molecule has 0 atom stereocenters. The molecule has 0 fully saturated rings. The van der Waals surface area contributed by atoms with Crippen molar-refractivity contribution in [2.75, 3.05) is 0 Å². The van der Waals surface area contributed by atoms with Crippen molar-refractivity contribution in [3.05, 3.63) is 101 Å². The highest BCUT2D eigenvalue weighted by molar-refractivity contribution is 5.83. The fourth-order valence-corrected chi connectivity index (χ4v) is 3.49. The van der Waals surface area contributed by atoms with E-state index in [1.165, 1.54) is 0 Å². The number of hydrogen-bond acceptors (Lipinski definition) is 4. The van der Waals surface area contributed by atoms with Gasteiger partial charge in [-0.3, -0.25) is 0 Å². The van der Waals surface area contributed by atoms with Crippen molar-refractivity contribution in [3.63, 3.8) is 0 Å². The van der Waals surface area contributed by atoms with Crippen molar-refractivity contribution in [1.82, 2.24) is 15.0 Å². The van der Waals surface area contributed by atoms with Crippen LogP contribution in [0.4, 0.5) is 0 Å². The summed E-state index contributed by atoms with van der Waals surface area (Å²) in [5.74, 6) is 0. The standard InChI is InChI=1S/C24H17N3O2/c1-16-23(18-10-6-3-7-11-18)25-26-27(16)20-13-12-19-14-21(17-8-4-2-5-9-17)24(28)29-22(19)15-20/h2-15H,1H3. The zero-order valence-corrected chi connectivity index (χ0v) is 15.7. The summed E-state index contributed by atoms with van der Waals surface area (Å²) in [7, 11) is 0. The first-order valence-electron chi connectivity index (χ1n) is 9.32. The maximum absolute atomic E-state index is 12.5. The van der Waals surface area contributed by atoms with Crippen molar-refractivity contribution in [3.8, 4) is 28.1 Å². The van der Waals surface area contributed by atoms with Crippen LogP contribution >= 0.6 is 0 Å². The molecule has 5 rings (SSSR count). The lowest BCUT2D eigenvalue weighted by Crippen LogP contribution is -2.04. The number of rotatable bonds is 3. The average Bonchev–Trinajstić information content (AvgIpc) is 3.15. The first-order valence-corrected chi connectivity index (χ1v) is 9.32. The highest BCUT2D eigenvalue weighted by atomic mass is 16.4. The van der Waals surface area contributed by atoms with E-state index < -0.39 is 0 Å². The van der Waals surface area contributed by atoms with Gasteiger partial charge in [-0.2, -0.15) is 0 Å². The van der Waals surface area contributed by atoms with Gasteiger partial charge in [0.1, 0.15) is 11.3 Å². The molecule has 0 amide bonds. The minimum atomic E-state index is -0.360. The zero-order chi connectivity index (χ0) is 19.8. The van der Waals surface area contributed by atoms with Crippen LogP contribution in [0.5, 0.6) is 0 Å². The summed E-state index contributed by atoms with van der Waals surface area (Å²) in [6.07, 6.45) is 0. The van der Waals surface area contributed by atoms with Crippen LogP contribution < -0.4 is 5.63 Å². The molecule has 5 heteroatoms. The Morgan fingerprint density at radius 1 is 0.828 bits per heavy atom. The van der Waals surface area contributed by atoms with E-state index in [1.807, 2.05) is 91.9 Å². The minimum Gasteiger partial charge on any atom is -0.422 e. The summed E-state index contributed by atoms with van der Waals surface area (Å²) in [6, 6.07) is 27.0. The molecule has 5 nitrogen and oxygen atoms in total. The van der Waals surface area contributed by atoms with Crippen LogP contribution in [0.3, 0.4) is 0 Å². The first-order chi connectivity index (χ1) is 14.2. The number of hydrogen-bond donors (Lipinski definition) is 0. The predicted octanol–water partition coefficient (Wildman–Crippen LogP) is 5.02. The summed E-state index contributed by atoms with van der Waals surface area (Å²) < 4.78 is 7.38. The van der Waals surface area contributed by atoms with Crippen LogP contribution in [0.1, 0.15) is 5.69 Å². The average molecular weight is 379 g/mol. The van der Waals surface area contributed by atoms with Gasteiger partial charge in [0.15, 0.2) is 0 Å². The highest BCUT2D eigenvalue weighted by Gasteiger charge is 2.13. The quantitative estimate of drug-likeness (QED) is 0.413. The molecule has 0 bridgehead atoms. The molecule has 0 saturated carbocycles. The highest BCUT2D eigenvalue weighted by Crippen LogP contribution is 2.26. The molecule has 29 heavy (non-hydrogen) atoms. The van der Waals surface area contributed by atoms with Crippen LogP contribution in [0, 0.1) is 6.92 Å². The van der Waals surface area contributed by atoms with Gasteiger partial charge < -0.3 is 4.42 Å². The molecule has 0 unspecified atom stereocenters. The van der Waals surface area contributed by atoms with Gasteiger partial charge in [-0.15, -0.1) is 5.10 Å². The van der Waals surface area contributed by atoms with Crippen molar-refractivity contribution < 1.29 is 4.42 Å². The third-order valence-electron chi connectivity index (χ3n) is 4.99. The summed E-state index contributed by atoms with van der Waals surface area (Å²) in [4.78, 5) is 12.5. The lowest BCUT2D eigenvalue weighted by atomic mass is 10.1. The van der Waals surface area contributed by atoms with Crippen LogP contribution in [-0.4, -0.2) is 15.0 Å². The Morgan fingerprint density at radius 2 is 1.52 bits per heavy atom. The van der Waals surface area contributed by atoms with E-state index in [9.17, 15) is 4.79 Å². The van der Waals surface area contributed by atoms with Gasteiger partial charge >= 0.3 is 5.63 Å². The molecular formula is C24H17N3O2. The van der Waals surface area contributed by atoms with E-state index in [-0.39, 0.29) is 5.63 Å². The molecule has 0 spiro atoms. The third kappa shape index (κ3) is 3.02. The van der Waals surface area contributed by atoms with Gasteiger partial charge in [-0.1, -0.05) is 65.9 Å². The third-order valence-corrected chi connectivity index (χ3v) is 4.99. The van der Waals surface area contributed by atoms with Crippen molar-refractivity contribution >= 4 is 11.0 Å². The lowest BCUT2D eigenvalue weighted by Gasteiger charge is -2.07. The Morgan fingerprint density at radius 3 is 2.24 bits per heavy atom. The summed E-state index contributed by atoms with van der Waals surface area (Å²) >= 11 is 0. The predicted molar refractivity (Wildman–Crippen MR) is 113 cm³/mol. The number of aromatic nitrogens is 3. The van der Waals surface area contributed by atoms with E-state index in [0.717, 1.165) is 33.6 Å². The summed E-state index contributed by atoms with van der Waals surface area (Å²) in [6.45, 7) is 1.97. The Hall–Kier alpha value is -3.99.